The van der Waals surface area contributed by atoms with Crippen LogP contribution in [-0.2, 0) is 4.79 Å². The zero-order chi connectivity index (χ0) is 6.41. The van der Waals surface area contributed by atoms with Crippen LogP contribution in [0.25, 0.3) is 0 Å². The molecule has 0 atom stereocenters. The lowest BCUT2D eigenvalue weighted by atomic mass is 10.5. The third-order valence-electron chi connectivity index (χ3n) is 0.712. The number of hydrogen-bond acceptors (Lipinski definition) is 2. The van der Waals surface area contributed by atoms with Crippen molar-refractivity contribution in [3.8, 4) is 0 Å². The Hall–Kier alpha value is -0.570. The first-order chi connectivity index (χ1) is 3.77. The SMILES string of the molecule is CCCNCC([NH])=O. The molecule has 0 aliphatic rings. The normalized spacial score (nSPS) is 9.12. The van der Waals surface area contributed by atoms with Crippen LogP contribution >= 0.6 is 0 Å². The van der Waals surface area contributed by atoms with Gasteiger partial charge in [0.1, 0.15) is 0 Å². The second-order valence-corrected chi connectivity index (χ2v) is 1.60. The van der Waals surface area contributed by atoms with Crippen molar-refractivity contribution >= 4 is 5.91 Å². The smallest absolute Gasteiger partial charge is 0.252 e. The number of amides is 1. The summed E-state index contributed by atoms with van der Waals surface area (Å²) >= 11 is 0. The fourth-order valence-corrected chi connectivity index (χ4v) is 0.379. The Labute approximate surface area is 49.3 Å². The highest BCUT2D eigenvalue weighted by atomic mass is 16.1. The van der Waals surface area contributed by atoms with Crippen molar-refractivity contribution in [1.29, 1.82) is 0 Å². The van der Waals surface area contributed by atoms with Crippen LogP contribution in [0.4, 0.5) is 0 Å². The van der Waals surface area contributed by atoms with Gasteiger partial charge in [-0.1, -0.05) is 6.92 Å². The third kappa shape index (κ3) is 5.43. The zero-order valence-electron chi connectivity index (χ0n) is 5.03. The van der Waals surface area contributed by atoms with E-state index in [1.54, 1.807) is 0 Å². The van der Waals surface area contributed by atoms with Gasteiger partial charge in [0.15, 0.2) is 0 Å². The lowest BCUT2D eigenvalue weighted by molar-refractivity contribution is -0.117. The fourth-order valence-electron chi connectivity index (χ4n) is 0.379. The Kier molecular flexibility index (Phi) is 4.26. The monoisotopic (exact) mass is 115 g/mol. The molecule has 3 heteroatoms. The minimum atomic E-state index is -0.543. The molecule has 0 unspecified atom stereocenters. The highest BCUT2D eigenvalue weighted by Gasteiger charge is 1.89. The molecule has 0 aromatic carbocycles. The summed E-state index contributed by atoms with van der Waals surface area (Å²) in [5.41, 5.74) is 6.45. The van der Waals surface area contributed by atoms with Gasteiger partial charge in [0.2, 0.25) is 0 Å². The lowest BCUT2D eigenvalue weighted by Gasteiger charge is -1.94. The predicted octanol–water partition coefficient (Wildman–Crippen LogP) is -0.205. The quantitative estimate of drug-likeness (QED) is 0.516. The Morgan fingerprint density at radius 3 is 2.75 bits per heavy atom. The van der Waals surface area contributed by atoms with Crippen LogP contribution < -0.4 is 11.1 Å². The van der Waals surface area contributed by atoms with Gasteiger partial charge in [-0.05, 0) is 13.0 Å². The second kappa shape index (κ2) is 4.59. The van der Waals surface area contributed by atoms with E-state index in [0.717, 1.165) is 13.0 Å². The zero-order valence-corrected chi connectivity index (χ0v) is 5.03. The first-order valence-corrected chi connectivity index (χ1v) is 2.72. The molecule has 0 saturated heterocycles. The summed E-state index contributed by atoms with van der Waals surface area (Å²) in [4.78, 5) is 9.92. The first kappa shape index (κ1) is 7.43. The van der Waals surface area contributed by atoms with E-state index in [1.165, 1.54) is 0 Å². The van der Waals surface area contributed by atoms with Crippen molar-refractivity contribution in [2.45, 2.75) is 13.3 Å². The van der Waals surface area contributed by atoms with E-state index < -0.39 is 5.91 Å². The molecule has 1 radical (unpaired) electrons. The van der Waals surface area contributed by atoms with Gasteiger partial charge >= 0.3 is 0 Å². The molecule has 0 aromatic heterocycles. The molecule has 8 heavy (non-hydrogen) atoms. The van der Waals surface area contributed by atoms with Gasteiger partial charge in [-0.15, -0.1) is 0 Å². The Balaban J connectivity index is 2.82. The van der Waals surface area contributed by atoms with E-state index >= 15 is 0 Å². The second-order valence-electron chi connectivity index (χ2n) is 1.60. The maximum absolute atomic E-state index is 9.92. The number of hydrogen-bond donors (Lipinski definition) is 1. The summed E-state index contributed by atoms with van der Waals surface area (Å²) in [5.74, 6) is -0.543. The lowest BCUT2D eigenvalue weighted by Crippen LogP contribution is -2.23. The van der Waals surface area contributed by atoms with E-state index in [-0.39, 0.29) is 6.54 Å². The van der Waals surface area contributed by atoms with Crippen LogP contribution in [-0.4, -0.2) is 19.0 Å². The van der Waals surface area contributed by atoms with Crippen LogP contribution in [0.5, 0.6) is 0 Å². The Bertz CT molecular complexity index is 72.8. The maximum Gasteiger partial charge on any atom is 0.252 e. The van der Waals surface area contributed by atoms with Gasteiger partial charge in [0, 0.05) is 0 Å². The van der Waals surface area contributed by atoms with Gasteiger partial charge in [-0.25, -0.2) is 0 Å². The van der Waals surface area contributed by atoms with Crippen LogP contribution in [0, 0.1) is 0 Å². The summed E-state index contributed by atoms with van der Waals surface area (Å²) in [6.07, 6.45) is 1.01. The van der Waals surface area contributed by atoms with Crippen molar-refractivity contribution in [3.05, 3.63) is 0 Å². The van der Waals surface area contributed by atoms with Gasteiger partial charge in [-0.3, -0.25) is 10.5 Å². The minimum absolute atomic E-state index is 0.188. The van der Waals surface area contributed by atoms with Crippen LogP contribution in [0.1, 0.15) is 13.3 Å². The number of rotatable bonds is 4. The largest absolute Gasteiger partial charge is 0.308 e. The number of carbonyl (C=O) groups excluding carboxylic acids is 1. The average Bonchev–Trinajstić information content (AvgIpc) is 1.66. The van der Waals surface area contributed by atoms with E-state index in [4.69, 9.17) is 5.73 Å². The van der Waals surface area contributed by atoms with Crippen molar-refractivity contribution in [2.24, 2.45) is 0 Å². The molecule has 0 saturated carbocycles. The molecule has 0 heterocycles. The maximum atomic E-state index is 9.92. The molecule has 47 valence electrons. The summed E-state index contributed by atoms with van der Waals surface area (Å²) in [6.45, 7) is 3.03. The van der Waals surface area contributed by atoms with Crippen LogP contribution in [0.3, 0.4) is 0 Å². The summed E-state index contributed by atoms with van der Waals surface area (Å²) < 4.78 is 0. The molecular weight excluding hydrogens is 104 g/mol. The fraction of sp³-hybridized carbons (Fsp3) is 0.800. The average molecular weight is 115 g/mol. The van der Waals surface area contributed by atoms with Gasteiger partial charge in [0.05, 0.1) is 6.54 Å². The van der Waals surface area contributed by atoms with Crippen molar-refractivity contribution in [1.82, 2.24) is 11.1 Å². The van der Waals surface area contributed by atoms with E-state index in [2.05, 4.69) is 5.32 Å². The topological polar surface area (TPSA) is 52.9 Å². The first-order valence-electron chi connectivity index (χ1n) is 2.72. The molecule has 0 spiro atoms. The van der Waals surface area contributed by atoms with Crippen LogP contribution in [0.2, 0.25) is 0 Å². The highest BCUT2D eigenvalue weighted by Crippen LogP contribution is 1.67. The van der Waals surface area contributed by atoms with Crippen LogP contribution in [0.15, 0.2) is 0 Å². The third-order valence-corrected chi connectivity index (χ3v) is 0.712. The van der Waals surface area contributed by atoms with Gasteiger partial charge in [-0.2, -0.15) is 0 Å². The minimum Gasteiger partial charge on any atom is -0.308 e. The molecule has 1 amide bonds. The number of carbonyl (C=O) groups is 1. The van der Waals surface area contributed by atoms with E-state index in [9.17, 15) is 4.79 Å². The highest BCUT2D eigenvalue weighted by molar-refractivity contribution is 5.75. The van der Waals surface area contributed by atoms with Crippen molar-refractivity contribution in [3.63, 3.8) is 0 Å². The predicted molar refractivity (Wildman–Crippen MR) is 31.3 cm³/mol. The van der Waals surface area contributed by atoms with Gasteiger partial charge < -0.3 is 5.32 Å². The molecule has 2 N–H and O–H groups in total. The van der Waals surface area contributed by atoms with E-state index in [1.807, 2.05) is 6.92 Å². The summed E-state index contributed by atoms with van der Waals surface area (Å²) in [5, 5.41) is 2.80. The van der Waals surface area contributed by atoms with Crippen molar-refractivity contribution < 1.29 is 4.79 Å². The molecule has 0 fully saturated rings. The standard InChI is InChI=1S/C5H11N2O/c1-2-3-7-4-5(6)8/h6-7H,2-4H2,1H3. The Morgan fingerprint density at radius 2 is 2.38 bits per heavy atom. The summed E-state index contributed by atoms with van der Waals surface area (Å²) in [7, 11) is 0. The van der Waals surface area contributed by atoms with Gasteiger partial charge in [0.25, 0.3) is 5.91 Å². The Morgan fingerprint density at radius 1 is 1.75 bits per heavy atom. The molecule has 0 bridgehead atoms. The van der Waals surface area contributed by atoms with E-state index in [0.29, 0.717) is 0 Å². The molecule has 0 aromatic rings. The molecule has 0 aliphatic carbocycles. The molecular formula is C5H11N2O. The number of nitrogens with one attached hydrogen (secondary N) is 2. The molecule has 3 nitrogen and oxygen atoms in total. The molecule has 0 aliphatic heterocycles. The van der Waals surface area contributed by atoms with Crippen molar-refractivity contribution in [2.75, 3.05) is 13.1 Å². The summed E-state index contributed by atoms with van der Waals surface area (Å²) in [6, 6.07) is 0. The molecule has 0 rings (SSSR count).